The number of terminal acetylenes is 1. The van der Waals surface area contributed by atoms with Crippen molar-refractivity contribution in [2.24, 2.45) is 5.92 Å². The Hall–Kier alpha value is -3.88. The molecule has 0 radical (unpaired) electrons. The molecule has 0 bridgehead atoms. The monoisotopic (exact) mass is 495 g/mol. The summed E-state index contributed by atoms with van der Waals surface area (Å²) in [5, 5.41) is 20.4. The molecule has 0 spiro atoms. The van der Waals surface area contributed by atoms with Crippen LogP contribution in [-0.2, 0) is 0 Å². The van der Waals surface area contributed by atoms with Crippen LogP contribution in [0.1, 0.15) is 55.5 Å². The molecule has 2 aliphatic heterocycles. The zero-order valence-corrected chi connectivity index (χ0v) is 21.6. The number of hydrogen-bond acceptors (Lipinski definition) is 5. The number of hydrogen-bond donors (Lipinski definition) is 2. The van der Waals surface area contributed by atoms with Crippen LogP contribution in [0.2, 0.25) is 0 Å². The molecule has 1 saturated heterocycles. The minimum absolute atomic E-state index is 0.125. The molecular weight excluding hydrogens is 462 g/mol. The number of phenols is 2. The summed E-state index contributed by atoms with van der Waals surface area (Å²) in [5.41, 5.74) is 4.91. The molecule has 37 heavy (non-hydrogen) atoms. The summed E-state index contributed by atoms with van der Waals surface area (Å²) < 4.78 is 12.6. The largest absolute Gasteiger partial charge is 0.508 e. The molecular formula is C32H33NO4. The Balaban J connectivity index is 1.46. The van der Waals surface area contributed by atoms with Gasteiger partial charge in [-0.2, -0.15) is 0 Å². The molecule has 0 saturated carbocycles. The lowest BCUT2D eigenvalue weighted by molar-refractivity contribution is 0.169. The van der Waals surface area contributed by atoms with Crippen molar-refractivity contribution < 1.29 is 19.7 Å². The zero-order valence-electron chi connectivity index (χ0n) is 21.6. The maximum atomic E-state index is 10.3. The van der Waals surface area contributed by atoms with Gasteiger partial charge < -0.3 is 19.7 Å². The third kappa shape index (κ3) is 5.03. The van der Waals surface area contributed by atoms with Gasteiger partial charge in [0, 0.05) is 34.9 Å². The smallest absolute Gasteiger partial charge is 0.150 e. The van der Waals surface area contributed by atoms with Gasteiger partial charge in [-0.1, -0.05) is 25.0 Å². The van der Waals surface area contributed by atoms with Gasteiger partial charge in [0.05, 0.1) is 0 Å². The SMILES string of the molecule is C#Cc1ccc(O)cc1C1=C(C)c2cc(O)ccc2OC1c1ccc(OCC(C)N2CCC(C)C2)cc1. The molecule has 0 aliphatic carbocycles. The fraction of sp³-hybridized carbons (Fsp3) is 0.312. The highest BCUT2D eigenvalue weighted by molar-refractivity contribution is 5.97. The molecule has 190 valence electrons. The highest BCUT2D eigenvalue weighted by Gasteiger charge is 2.31. The van der Waals surface area contributed by atoms with E-state index in [0.717, 1.165) is 52.6 Å². The van der Waals surface area contributed by atoms with Crippen molar-refractivity contribution in [2.45, 2.75) is 39.3 Å². The molecule has 3 aromatic carbocycles. The standard InChI is InChI=1S/C32H33NO4/c1-5-23-6-9-25(34)17-29(23)31-22(4)28-16-26(35)10-13-30(28)37-32(31)24-7-11-27(12-8-24)36-19-21(3)33-15-14-20(2)18-33/h1,6-13,16-17,20-21,32,34-35H,14-15,18-19H2,2-4H3. The van der Waals surface area contributed by atoms with Crippen molar-refractivity contribution in [3.05, 3.63) is 82.9 Å². The van der Waals surface area contributed by atoms with E-state index in [1.54, 1.807) is 36.4 Å². The van der Waals surface area contributed by atoms with E-state index >= 15 is 0 Å². The fourth-order valence-electron chi connectivity index (χ4n) is 5.33. The van der Waals surface area contributed by atoms with E-state index in [-0.39, 0.29) is 11.5 Å². The van der Waals surface area contributed by atoms with E-state index in [0.29, 0.717) is 24.0 Å². The minimum atomic E-state index is -0.454. The first-order chi connectivity index (χ1) is 17.8. The molecule has 0 aromatic heterocycles. The number of fused-ring (bicyclic) bond motifs is 1. The van der Waals surface area contributed by atoms with Crippen molar-refractivity contribution in [2.75, 3.05) is 19.7 Å². The topological polar surface area (TPSA) is 62.2 Å². The average molecular weight is 496 g/mol. The van der Waals surface area contributed by atoms with Crippen LogP contribution in [0.3, 0.4) is 0 Å². The number of ether oxygens (including phenoxy) is 2. The van der Waals surface area contributed by atoms with Crippen LogP contribution in [0, 0.1) is 18.3 Å². The third-order valence-corrected chi connectivity index (χ3v) is 7.48. The molecule has 5 nitrogen and oxygen atoms in total. The van der Waals surface area contributed by atoms with Gasteiger partial charge in [-0.25, -0.2) is 0 Å². The van der Waals surface area contributed by atoms with Gasteiger partial charge in [-0.3, -0.25) is 4.90 Å². The van der Waals surface area contributed by atoms with Crippen LogP contribution in [0.15, 0.2) is 60.7 Å². The van der Waals surface area contributed by atoms with Crippen molar-refractivity contribution in [1.82, 2.24) is 4.90 Å². The normalized spacial score (nSPS) is 20.2. The number of allylic oxidation sites excluding steroid dienone is 1. The first-order valence-corrected chi connectivity index (χ1v) is 12.8. The van der Waals surface area contributed by atoms with E-state index < -0.39 is 6.10 Å². The van der Waals surface area contributed by atoms with E-state index in [2.05, 4.69) is 24.7 Å². The second-order valence-corrected chi connectivity index (χ2v) is 10.2. The lowest BCUT2D eigenvalue weighted by atomic mass is 9.84. The molecule has 5 heteroatoms. The quantitative estimate of drug-likeness (QED) is 0.396. The van der Waals surface area contributed by atoms with Gasteiger partial charge in [0.25, 0.3) is 0 Å². The van der Waals surface area contributed by atoms with Gasteiger partial charge in [0.1, 0.15) is 35.7 Å². The molecule has 2 N–H and O–H groups in total. The highest BCUT2D eigenvalue weighted by Crippen LogP contribution is 2.48. The summed E-state index contributed by atoms with van der Waals surface area (Å²) >= 11 is 0. The molecule has 2 aliphatic rings. The number of aromatic hydroxyl groups is 2. The average Bonchev–Trinajstić information content (AvgIpc) is 3.34. The van der Waals surface area contributed by atoms with Crippen LogP contribution in [-0.4, -0.2) is 40.9 Å². The van der Waals surface area contributed by atoms with E-state index in [9.17, 15) is 10.2 Å². The van der Waals surface area contributed by atoms with Crippen molar-refractivity contribution in [1.29, 1.82) is 0 Å². The Morgan fingerprint density at radius 3 is 2.43 bits per heavy atom. The molecule has 0 amide bonds. The van der Waals surface area contributed by atoms with Crippen LogP contribution < -0.4 is 9.47 Å². The first-order valence-electron chi connectivity index (χ1n) is 12.8. The number of phenolic OH excluding ortho intramolecular Hbond substituents is 2. The van der Waals surface area contributed by atoms with Crippen LogP contribution in [0.5, 0.6) is 23.0 Å². The van der Waals surface area contributed by atoms with Crippen molar-refractivity contribution >= 4 is 11.1 Å². The Labute approximate surface area is 219 Å². The van der Waals surface area contributed by atoms with Crippen molar-refractivity contribution in [3.8, 4) is 35.3 Å². The highest BCUT2D eigenvalue weighted by atomic mass is 16.5. The lowest BCUT2D eigenvalue weighted by Gasteiger charge is -2.31. The summed E-state index contributed by atoms with van der Waals surface area (Å²) in [7, 11) is 0. The first kappa shape index (κ1) is 24.8. The van der Waals surface area contributed by atoms with Crippen LogP contribution in [0.25, 0.3) is 11.1 Å². The fourth-order valence-corrected chi connectivity index (χ4v) is 5.33. The van der Waals surface area contributed by atoms with E-state index in [4.69, 9.17) is 15.9 Å². The summed E-state index contributed by atoms with van der Waals surface area (Å²) in [5.74, 6) is 5.26. The molecule has 5 rings (SSSR count). The number of rotatable bonds is 6. The maximum Gasteiger partial charge on any atom is 0.150 e. The maximum absolute atomic E-state index is 10.3. The van der Waals surface area contributed by atoms with E-state index in [1.165, 1.54) is 6.42 Å². The summed E-state index contributed by atoms with van der Waals surface area (Å²) in [6.45, 7) is 9.41. The Kier molecular flexibility index (Phi) is 6.86. The Morgan fingerprint density at radius 2 is 1.76 bits per heavy atom. The van der Waals surface area contributed by atoms with E-state index in [1.807, 2.05) is 31.2 Å². The van der Waals surface area contributed by atoms with Gasteiger partial charge in [-0.15, -0.1) is 6.42 Å². The Bertz CT molecular complexity index is 1370. The summed E-state index contributed by atoms with van der Waals surface area (Å²) in [4.78, 5) is 2.49. The number of nitrogens with zero attached hydrogens (tertiary/aromatic N) is 1. The second-order valence-electron chi connectivity index (χ2n) is 10.2. The summed E-state index contributed by atoms with van der Waals surface area (Å²) in [6.07, 6.45) is 6.63. The number of benzene rings is 3. The zero-order chi connectivity index (χ0) is 26.1. The molecule has 3 unspecified atom stereocenters. The van der Waals surface area contributed by atoms with Crippen molar-refractivity contribution in [3.63, 3.8) is 0 Å². The molecule has 3 atom stereocenters. The van der Waals surface area contributed by atoms with Crippen LogP contribution >= 0.6 is 0 Å². The van der Waals surface area contributed by atoms with Crippen LogP contribution in [0.4, 0.5) is 0 Å². The van der Waals surface area contributed by atoms with Gasteiger partial charge in [-0.05, 0) is 92.4 Å². The second kappa shape index (κ2) is 10.2. The predicted octanol–water partition coefficient (Wildman–Crippen LogP) is 6.25. The van der Waals surface area contributed by atoms with Gasteiger partial charge >= 0.3 is 0 Å². The lowest BCUT2D eigenvalue weighted by Crippen LogP contribution is -2.35. The number of likely N-dealkylation sites (tertiary alicyclic amines) is 1. The Morgan fingerprint density at radius 1 is 1.05 bits per heavy atom. The summed E-state index contributed by atoms with van der Waals surface area (Å²) in [6, 6.07) is 18.4. The molecule has 3 aromatic rings. The molecule has 1 fully saturated rings. The minimum Gasteiger partial charge on any atom is -0.508 e. The molecule has 2 heterocycles. The predicted molar refractivity (Wildman–Crippen MR) is 147 cm³/mol. The van der Waals surface area contributed by atoms with Gasteiger partial charge in [0.15, 0.2) is 0 Å². The third-order valence-electron chi connectivity index (χ3n) is 7.48. The van der Waals surface area contributed by atoms with Gasteiger partial charge in [0.2, 0.25) is 0 Å².